The largest absolute Gasteiger partial charge is 0.367 e. The molecule has 1 heterocycles. The Morgan fingerprint density at radius 3 is 2.12 bits per heavy atom. The molecule has 1 aliphatic heterocycles. The van der Waals surface area contributed by atoms with Gasteiger partial charge in [0.1, 0.15) is 6.04 Å². The van der Waals surface area contributed by atoms with Crippen LogP contribution >= 0.6 is 0 Å². The number of para-hydroxylation sites is 2. The average Bonchev–Trinajstić information content (AvgIpc) is 2.85. The van der Waals surface area contributed by atoms with Crippen LogP contribution in [0.15, 0.2) is 84.9 Å². The minimum atomic E-state index is -0.708. The molecule has 33 heavy (non-hydrogen) atoms. The van der Waals surface area contributed by atoms with Crippen molar-refractivity contribution in [2.24, 2.45) is 0 Å². The molecule has 2 N–H and O–H groups in total. The van der Waals surface area contributed by atoms with Crippen LogP contribution in [-0.4, -0.2) is 56.0 Å². The van der Waals surface area contributed by atoms with Gasteiger partial charge in [-0.05, 0) is 36.9 Å². The number of nitrogens with one attached hydrogen (secondary N) is 2. The van der Waals surface area contributed by atoms with Crippen LogP contribution in [0.5, 0.6) is 0 Å². The van der Waals surface area contributed by atoms with Gasteiger partial charge in [0.2, 0.25) is 5.91 Å². The zero-order valence-electron chi connectivity index (χ0n) is 18.9. The van der Waals surface area contributed by atoms with Gasteiger partial charge in [0, 0.05) is 38.2 Å². The zero-order valence-corrected chi connectivity index (χ0v) is 18.9. The normalized spacial score (nSPS) is 15.0. The Balaban J connectivity index is 1.53. The molecule has 6 nitrogen and oxygen atoms in total. The van der Waals surface area contributed by atoms with Gasteiger partial charge >= 0.3 is 0 Å². The van der Waals surface area contributed by atoms with Crippen molar-refractivity contribution in [2.45, 2.75) is 12.5 Å². The minimum Gasteiger partial charge on any atom is -0.367 e. The van der Waals surface area contributed by atoms with E-state index in [-0.39, 0.29) is 11.8 Å². The molecular formula is C27H30N4O2. The molecular weight excluding hydrogens is 412 g/mol. The highest BCUT2D eigenvalue weighted by Gasteiger charge is 2.24. The van der Waals surface area contributed by atoms with Crippen LogP contribution in [0.1, 0.15) is 15.9 Å². The van der Waals surface area contributed by atoms with Gasteiger partial charge in [0.25, 0.3) is 5.91 Å². The molecule has 0 bridgehead atoms. The van der Waals surface area contributed by atoms with Gasteiger partial charge in [-0.15, -0.1) is 0 Å². The molecule has 1 fully saturated rings. The van der Waals surface area contributed by atoms with Gasteiger partial charge in [0.05, 0.1) is 11.4 Å². The van der Waals surface area contributed by atoms with Crippen molar-refractivity contribution in [3.05, 3.63) is 96.1 Å². The van der Waals surface area contributed by atoms with Crippen LogP contribution in [0.25, 0.3) is 0 Å². The number of piperazine rings is 1. The molecule has 6 heteroatoms. The molecule has 1 saturated heterocycles. The van der Waals surface area contributed by atoms with E-state index in [2.05, 4.69) is 27.5 Å². The Labute approximate surface area is 195 Å². The highest BCUT2D eigenvalue weighted by atomic mass is 16.2. The first-order valence-electron chi connectivity index (χ1n) is 11.3. The summed E-state index contributed by atoms with van der Waals surface area (Å²) >= 11 is 0. The SMILES string of the molecule is CN1CCN(c2ccccc2NC(=O)C(Cc2ccccc2)NC(=O)c2ccccc2)CC1. The van der Waals surface area contributed by atoms with Crippen LogP contribution in [0.2, 0.25) is 0 Å². The van der Waals surface area contributed by atoms with Crippen LogP contribution in [-0.2, 0) is 11.2 Å². The van der Waals surface area contributed by atoms with E-state index in [1.54, 1.807) is 12.1 Å². The predicted octanol–water partition coefficient (Wildman–Crippen LogP) is 3.42. The first kappa shape index (κ1) is 22.6. The summed E-state index contributed by atoms with van der Waals surface area (Å²) in [5.41, 5.74) is 3.28. The van der Waals surface area contributed by atoms with Gasteiger partial charge in [-0.1, -0.05) is 60.7 Å². The molecule has 0 saturated carbocycles. The number of benzene rings is 3. The van der Waals surface area contributed by atoms with E-state index >= 15 is 0 Å². The molecule has 3 aromatic rings. The summed E-state index contributed by atoms with van der Waals surface area (Å²) in [6.07, 6.45) is 0.405. The van der Waals surface area contributed by atoms with Crippen molar-refractivity contribution >= 4 is 23.2 Å². The van der Waals surface area contributed by atoms with Crippen molar-refractivity contribution in [3.63, 3.8) is 0 Å². The van der Waals surface area contributed by atoms with Crippen LogP contribution in [0.3, 0.4) is 0 Å². The Kier molecular flexibility index (Phi) is 7.37. The third kappa shape index (κ3) is 5.99. The van der Waals surface area contributed by atoms with E-state index in [1.165, 1.54) is 0 Å². The molecule has 0 spiro atoms. The fourth-order valence-corrected chi connectivity index (χ4v) is 4.01. The number of rotatable bonds is 7. The van der Waals surface area contributed by atoms with Crippen molar-refractivity contribution < 1.29 is 9.59 Å². The maximum Gasteiger partial charge on any atom is 0.251 e. The molecule has 3 aromatic carbocycles. The van der Waals surface area contributed by atoms with E-state index < -0.39 is 6.04 Å². The highest BCUT2D eigenvalue weighted by Crippen LogP contribution is 2.27. The Hall–Kier alpha value is -3.64. The van der Waals surface area contributed by atoms with E-state index in [0.29, 0.717) is 12.0 Å². The molecule has 2 amide bonds. The maximum atomic E-state index is 13.4. The van der Waals surface area contributed by atoms with Crippen molar-refractivity contribution in [1.82, 2.24) is 10.2 Å². The summed E-state index contributed by atoms with van der Waals surface area (Å²) in [5, 5.41) is 6.02. The van der Waals surface area contributed by atoms with E-state index in [9.17, 15) is 9.59 Å². The number of nitrogens with zero attached hydrogens (tertiary/aromatic N) is 2. The van der Waals surface area contributed by atoms with Crippen molar-refractivity contribution in [3.8, 4) is 0 Å². The topological polar surface area (TPSA) is 64.7 Å². The Morgan fingerprint density at radius 2 is 1.42 bits per heavy atom. The summed E-state index contributed by atoms with van der Waals surface area (Å²) in [5.74, 6) is -0.497. The summed E-state index contributed by atoms with van der Waals surface area (Å²) < 4.78 is 0. The Bertz CT molecular complexity index is 1060. The second-order valence-corrected chi connectivity index (χ2v) is 8.38. The molecule has 0 aromatic heterocycles. The summed E-state index contributed by atoms with van der Waals surface area (Å²) in [4.78, 5) is 30.9. The van der Waals surface area contributed by atoms with Crippen LogP contribution in [0.4, 0.5) is 11.4 Å². The lowest BCUT2D eigenvalue weighted by molar-refractivity contribution is -0.118. The summed E-state index contributed by atoms with van der Waals surface area (Å²) in [6.45, 7) is 3.77. The average molecular weight is 443 g/mol. The van der Waals surface area contributed by atoms with Gasteiger partial charge in [-0.2, -0.15) is 0 Å². The second kappa shape index (κ2) is 10.8. The van der Waals surface area contributed by atoms with Crippen molar-refractivity contribution in [1.29, 1.82) is 0 Å². The van der Waals surface area contributed by atoms with Gasteiger partial charge in [-0.25, -0.2) is 0 Å². The zero-order chi connectivity index (χ0) is 23.0. The lowest BCUT2D eigenvalue weighted by Crippen LogP contribution is -2.46. The first-order chi connectivity index (χ1) is 16.1. The minimum absolute atomic E-state index is 0.232. The third-order valence-corrected chi connectivity index (χ3v) is 5.95. The highest BCUT2D eigenvalue weighted by molar-refractivity contribution is 6.02. The number of anilines is 2. The number of carbonyl (C=O) groups is 2. The molecule has 1 unspecified atom stereocenters. The quantitative estimate of drug-likeness (QED) is 0.589. The van der Waals surface area contributed by atoms with E-state index in [1.807, 2.05) is 72.8 Å². The third-order valence-electron chi connectivity index (χ3n) is 5.95. The number of amides is 2. The van der Waals surface area contributed by atoms with Crippen LogP contribution < -0.4 is 15.5 Å². The van der Waals surface area contributed by atoms with Gasteiger partial charge in [0.15, 0.2) is 0 Å². The lowest BCUT2D eigenvalue weighted by atomic mass is 10.0. The van der Waals surface area contributed by atoms with Crippen LogP contribution in [0, 0.1) is 0 Å². The van der Waals surface area contributed by atoms with Gasteiger partial charge < -0.3 is 20.4 Å². The molecule has 1 atom stereocenters. The van der Waals surface area contributed by atoms with E-state index in [0.717, 1.165) is 43.1 Å². The number of carbonyl (C=O) groups excluding carboxylic acids is 2. The summed E-state index contributed by atoms with van der Waals surface area (Å²) in [6, 6.07) is 25.9. The number of hydrogen-bond acceptors (Lipinski definition) is 4. The van der Waals surface area contributed by atoms with Gasteiger partial charge in [-0.3, -0.25) is 9.59 Å². The molecule has 0 radical (unpaired) electrons. The predicted molar refractivity (Wildman–Crippen MR) is 133 cm³/mol. The molecule has 1 aliphatic rings. The second-order valence-electron chi connectivity index (χ2n) is 8.38. The monoisotopic (exact) mass is 442 g/mol. The fraction of sp³-hybridized carbons (Fsp3) is 0.259. The fourth-order valence-electron chi connectivity index (χ4n) is 4.01. The molecule has 170 valence electrons. The molecule has 0 aliphatic carbocycles. The first-order valence-corrected chi connectivity index (χ1v) is 11.3. The molecule has 4 rings (SSSR count). The maximum absolute atomic E-state index is 13.4. The smallest absolute Gasteiger partial charge is 0.251 e. The van der Waals surface area contributed by atoms with E-state index in [4.69, 9.17) is 0 Å². The Morgan fingerprint density at radius 1 is 0.818 bits per heavy atom. The number of likely N-dealkylation sites (N-methyl/N-ethyl adjacent to an activating group) is 1. The lowest BCUT2D eigenvalue weighted by Gasteiger charge is -2.35. The number of hydrogen-bond donors (Lipinski definition) is 2. The standard InChI is InChI=1S/C27H30N4O2/c1-30-16-18-31(19-17-30)25-15-9-8-14-23(25)28-27(33)24(20-21-10-4-2-5-11-21)29-26(32)22-12-6-3-7-13-22/h2-15,24H,16-20H2,1H3,(H,28,33)(H,29,32). The summed E-state index contributed by atoms with van der Waals surface area (Å²) in [7, 11) is 2.12. The van der Waals surface area contributed by atoms with Crippen molar-refractivity contribution in [2.75, 3.05) is 43.4 Å².